The van der Waals surface area contributed by atoms with E-state index in [0.29, 0.717) is 16.5 Å². The second-order valence-corrected chi connectivity index (χ2v) is 5.89. The number of aromatic nitrogens is 2. The van der Waals surface area contributed by atoms with Crippen LogP contribution in [0.15, 0.2) is 27.7 Å². The zero-order chi connectivity index (χ0) is 15.9. The number of allylic oxidation sites excluding steroid dienone is 1. The molecule has 22 heavy (non-hydrogen) atoms. The van der Waals surface area contributed by atoms with Crippen LogP contribution in [-0.2, 0) is 4.79 Å². The first kappa shape index (κ1) is 14.6. The molecule has 0 radical (unpaired) electrons. The molecular weight excluding hydrogens is 302 g/mol. The van der Waals surface area contributed by atoms with Gasteiger partial charge >= 0.3 is 6.01 Å². The fourth-order valence-corrected chi connectivity index (χ4v) is 3.59. The molecule has 114 valence electrons. The third kappa shape index (κ3) is 2.27. The van der Waals surface area contributed by atoms with Gasteiger partial charge in [-0.25, -0.2) is 0 Å². The van der Waals surface area contributed by atoms with Gasteiger partial charge < -0.3 is 14.9 Å². The molecule has 0 fully saturated rings. The van der Waals surface area contributed by atoms with Crippen LogP contribution in [0, 0.1) is 6.92 Å². The first-order chi connectivity index (χ1) is 10.5. The average molecular weight is 317 g/mol. The molecule has 2 N–H and O–H groups in total. The SMILES string of the molecule is CC=C1c2c(nc(OC)nc2-c2ccc(C)o2)SC1C(N)=O. The number of nitrogens with two attached hydrogens (primary N) is 1. The highest BCUT2D eigenvalue weighted by Gasteiger charge is 2.36. The van der Waals surface area contributed by atoms with Crippen molar-refractivity contribution in [2.24, 2.45) is 5.73 Å². The summed E-state index contributed by atoms with van der Waals surface area (Å²) < 4.78 is 10.8. The van der Waals surface area contributed by atoms with E-state index >= 15 is 0 Å². The molecule has 7 heteroatoms. The summed E-state index contributed by atoms with van der Waals surface area (Å²) in [5, 5.41) is 0.198. The number of rotatable bonds is 3. The Morgan fingerprint density at radius 3 is 2.77 bits per heavy atom. The third-order valence-corrected chi connectivity index (χ3v) is 4.62. The smallest absolute Gasteiger partial charge is 0.317 e. The number of furan rings is 1. The highest BCUT2D eigenvalue weighted by molar-refractivity contribution is 8.01. The van der Waals surface area contributed by atoms with Crippen molar-refractivity contribution in [3.63, 3.8) is 0 Å². The van der Waals surface area contributed by atoms with E-state index in [1.807, 2.05) is 32.1 Å². The van der Waals surface area contributed by atoms with E-state index in [1.165, 1.54) is 18.9 Å². The monoisotopic (exact) mass is 317 g/mol. The quantitative estimate of drug-likeness (QED) is 0.874. The molecule has 3 heterocycles. The van der Waals surface area contributed by atoms with Crippen LogP contribution in [0.1, 0.15) is 18.2 Å². The molecule has 2 aromatic heterocycles. The first-order valence-electron chi connectivity index (χ1n) is 6.70. The van der Waals surface area contributed by atoms with Gasteiger partial charge in [0.15, 0.2) is 5.76 Å². The van der Waals surface area contributed by atoms with Gasteiger partial charge in [0.25, 0.3) is 0 Å². The van der Waals surface area contributed by atoms with Crippen molar-refractivity contribution < 1.29 is 13.9 Å². The molecule has 0 spiro atoms. The molecule has 6 nitrogen and oxygen atoms in total. The molecular formula is C15H15N3O3S. The number of carbonyl (C=O) groups is 1. The molecule has 3 rings (SSSR count). The molecule has 1 unspecified atom stereocenters. The minimum absolute atomic E-state index is 0.232. The third-order valence-electron chi connectivity index (χ3n) is 3.38. The van der Waals surface area contributed by atoms with Crippen LogP contribution in [0.5, 0.6) is 6.01 Å². The topological polar surface area (TPSA) is 91.2 Å². The Kier molecular flexibility index (Phi) is 3.66. The highest BCUT2D eigenvalue weighted by Crippen LogP contribution is 2.48. The number of methoxy groups -OCH3 is 1. The zero-order valence-electron chi connectivity index (χ0n) is 12.4. The largest absolute Gasteiger partial charge is 0.467 e. The number of carbonyl (C=O) groups excluding carboxylic acids is 1. The molecule has 2 aromatic rings. The van der Waals surface area contributed by atoms with Crippen LogP contribution < -0.4 is 10.5 Å². The number of ether oxygens (including phenoxy) is 1. The molecule has 0 aliphatic carbocycles. The lowest BCUT2D eigenvalue weighted by Crippen LogP contribution is -2.24. The van der Waals surface area contributed by atoms with Crippen molar-refractivity contribution in [2.45, 2.75) is 24.1 Å². The fraction of sp³-hybridized carbons (Fsp3) is 0.267. The highest BCUT2D eigenvalue weighted by atomic mass is 32.2. The molecule has 0 aromatic carbocycles. The molecule has 0 bridgehead atoms. The van der Waals surface area contributed by atoms with Crippen molar-refractivity contribution in [3.8, 4) is 17.5 Å². The predicted octanol–water partition coefficient (Wildman–Crippen LogP) is 2.42. The first-order valence-corrected chi connectivity index (χ1v) is 7.58. The molecule has 1 amide bonds. The predicted molar refractivity (Wildman–Crippen MR) is 83.5 cm³/mol. The van der Waals surface area contributed by atoms with E-state index in [-0.39, 0.29) is 6.01 Å². The van der Waals surface area contributed by atoms with Gasteiger partial charge in [-0.15, -0.1) is 0 Å². The molecule has 0 saturated carbocycles. The summed E-state index contributed by atoms with van der Waals surface area (Å²) in [7, 11) is 1.50. The Balaban J connectivity index is 2.25. The van der Waals surface area contributed by atoms with E-state index in [4.69, 9.17) is 14.9 Å². The number of amides is 1. The molecule has 0 saturated heterocycles. The van der Waals surface area contributed by atoms with E-state index in [9.17, 15) is 4.79 Å². The van der Waals surface area contributed by atoms with Gasteiger partial charge in [0.1, 0.15) is 21.7 Å². The van der Waals surface area contributed by atoms with Crippen LogP contribution in [0.4, 0.5) is 0 Å². The summed E-state index contributed by atoms with van der Waals surface area (Å²) in [5.41, 5.74) is 7.70. The number of hydrogen-bond donors (Lipinski definition) is 1. The summed E-state index contributed by atoms with van der Waals surface area (Å²) in [4.78, 5) is 20.4. The van der Waals surface area contributed by atoms with E-state index in [2.05, 4.69) is 9.97 Å². The molecule has 1 atom stereocenters. The fourth-order valence-electron chi connectivity index (χ4n) is 2.41. The summed E-state index contributed by atoms with van der Waals surface area (Å²) in [6.07, 6.45) is 1.86. The van der Waals surface area contributed by atoms with Crippen molar-refractivity contribution in [1.82, 2.24) is 9.97 Å². The number of thioether (sulfide) groups is 1. The van der Waals surface area contributed by atoms with Gasteiger partial charge in [-0.1, -0.05) is 17.8 Å². The lowest BCUT2D eigenvalue weighted by atomic mass is 10.0. The Bertz CT molecular complexity index is 782. The standard InChI is InChI=1S/C15H15N3O3S/c1-4-8-10-11(9-6-5-7(2)21-9)17-15(20-3)18-14(10)22-12(8)13(16)19/h4-6,12H,1-3H3,(H2,16,19). The van der Waals surface area contributed by atoms with Gasteiger partial charge in [0.05, 0.1) is 7.11 Å². The minimum atomic E-state index is -0.476. The van der Waals surface area contributed by atoms with Crippen LogP contribution in [0.2, 0.25) is 0 Å². The second kappa shape index (κ2) is 5.49. The number of primary amides is 1. The maximum atomic E-state index is 11.7. The van der Waals surface area contributed by atoms with Crippen molar-refractivity contribution in [1.29, 1.82) is 0 Å². The lowest BCUT2D eigenvalue weighted by Gasteiger charge is -2.09. The Labute approximate surface area is 131 Å². The van der Waals surface area contributed by atoms with Gasteiger partial charge in [-0.05, 0) is 31.6 Å². The minimum Gasteiger partial charge on any atom is -0.467 e. The molecule has 1 aliphatic heterocycles. The van der Waals surface area contributed by atoms with Gasteiger partial charge in [-0.2, -0.15) is 9.97 Å². The number of fused-ring (bicyclic) bond motifs is 1. The maximum Gasteiger partial charge on any atom is 0.317 e. The Morgan fingerprint density at radius 2 is 2.23 bits per heavy atom. The van der Waals surface area contributed by atoms with Crippen molar-refractivity contribution in [2.75, 3.05) is 7.11 Å². The van der Waals surface area contributed by atoms with Crippen LogP contribution in [0.25, 0.3) is 17.0 Å². The van der Waals surface area contributed by atoms with Crippen LogP contribution in [0.3, 0.4) is 0 Å². The normalized spacial score (nSPS) is 18.5. The lowest BCUT2D eigenvalue weighted by molar-refractivity contribution is -0.116. The van der Waals surface area contributed by atoms with Gasteiger partial charge in [0.2, 0.25) is 5.91 Å². The maximum absolute atomic E-state index is 11.7. The molecule has 1 aliphatic rings. The Hall–Kier alpha value is -2.28. The average Bonchev–Trinajstić information content (AvgIpc) is 3.09. The number of aryl methyl sites for hydroxylation is 1. The summed E-state index contributed by atoms with van der Waals surface area (Å²) >= 11 is 1.31. The van der Waals surface area contributed by atoms with E-state index in [1.54, 1.807) is 0 Å². The zero-order valence-corrected chi connectivity index (χ0v) is 13.2. The Morgan fingerprint density at radius 1 is 1.45 bits per heavy atom. The van der Waals surface area contributed by atoms with E-state index < -0.39 is 11.2 Å². The summed E-state index contributed by atoms with van der Waals surface area (Å²) in [6, 6.07) is 3.93. The van der Waals surface area contributed by atoms with Gasteiger partial charge in [-0.3, -0.25) is 4.79 Å². The van der Waals surface area contributed by atoms with E-state index in [0.717, 1.165) is 16.9 Å². The summed E-state index contributed by atoms with van der Waals surface area (Å²) in [6.45, 7) is 3.72. The van der Waals surface area contributed by atoms with Crippen molar-refractivity contribution in [3.05, 3.63) is 29.5 Å². The number of nitrogens with zero attached hydrogens (tertiary/aromatic N) is 2. The van der Waals surface area contributed by atoms with Gasteiger partial charge in [0, 0.05) is 5.56 Å². The second-order valence-electron chi connectivity index (χ2n) is 4.79. The van der Waals surface area contributed by atoms with Crippen LogP contribution >= 0.6 is 11.8 Å². The van der Waals surface area contributed by atoms with Crippen LogP contribution in [-0.4, -0.2) is 28.2 Å². The summed E-state index contributed by atoms with van der Waals surface area (Å²) in [5.74, 6) is 0.983. The number of hydrogen-bond acceptors (Lipinski definition) is 6. The van der Waals surface area contributed by atoms with Crippen molar-refractivity contribution >= 4 is 23.2 Å².